The molecule has 0 atom stereocenters. The van der Waals surface area contributed by atoms with Crippen molar-refractivity contribution < 1.29 is 4.42 Å². The molecule has 4 aromatic rings. The number of H-pyrrole nitrogens is 1. The molecule has 22 heavy (non-hydrogen) atoms. The Kier molecular flexibility index (Phi) is 2.86. The fourth-order valence-electron chi connectivity index (χ4n) is 2.39. The third-order valence-corrected chi connectivity index (χ3v) is 3.45. The van der Waals surface area contributed by atoms with Crippen molar-refractivity contribution in [3.8, 4) is 11.1 Å². The summed E-state index contributed by atoms with van der Waals surface area (Å²) in [4.78, 5) is 15.7. The van der Waals surface area contributed by atoms with Gasteiger partial charge in [0.2, 0.25) is 0 Å². The Morgan fingerprint density at radius 1 is 1.09 bits per heavy atom. The van der Waals surface area contributed by atoms with Crippen LogP contribution in [-0.4, -0.2) is 19.9 Å². The molecule has 1 aromatic carbocycles. The Labute approximate surface area is 126 Å². The molecule has 0 radical (unpaired) electrons. The average molecular weight is 291 g/mol. The van der Waals surface area contributed by atoms with Crippen LogP contribution in [0.5, 0.6) is 0 Å². The average Bonchev–Trinajstić information content (AvgIpc) is 3.17. The van der Waals surface area contributed by atoms with E-state index in [0.29, 0.717) is 29.2 Å². The summed E-state index contributed by atoms with van der Waals surface area (Å²) < 4.78 is 5.61. The largest absolute Gasteiger partial charge is 0.468 e. The number of nitrogens with two attached hydrogens (primary N) is 1. The van der Waals surface area contributed by atoms with E-state index in [-0.39, 0.29) is 0 Å². The summed E-state index contributed by atoms with van der Waals surface area (Å²) >= 11 is 0. The molecular weight excluding hydrogens is 278 g/mol. The number of fused-ring (bicyclic) bond motifs is 1. The molecular formula is C16H13N5O. The van der Waals surface area contributed by atoms with Crippen LogP contribution < -0.4 is 5.73 Å². The molecule has 6 nitrogen and oxygen atoms in total. The van der Waals surface area contributed by atoms with Gasteiger partial charge in [-0.2, -0.15) is 0 Å². The molecule has 0 aliphatic heterocycles. The van der Waals surface area contributed by atoms with E-state index in [9.17, 15) is 0 Å². The Morgan fingerprint density at radius 2 is 1.95 bits per heavy atom. The maximum Gasteiger partial charge on any atom is 0.183 e. The second kappa shape index (κ2) is 5.00. The van der Waals surface area contributed by atoms with E-state index in [2.05, 4.69) is 19.9 Å². The Hall–Kier alpha value is -3.15. The summed E-state index contributed by atoms with van der Waals surface area (Å²) in [6.45, 7) is 0. The number of nitrogen functional groups attached to an aromatic ring is 1. The van der Waals surface area contributed by atoms with Gasteiger partial charge in [0.25, 0.3) is 0 Å². The number of rotatable bonds is 3. The molecule has 0 saturated heterocycles. The van der Waals surface area contributed by atoms with Crippen LogP contribution >= 0.6 is 0 Å². The van der Waals surface area contributed by atoms with Crippen molar-refractivity contribution in [2.75, 3.05) is 5.73 Å². The smallest absolute Gasteiger partial charge is 0.183 e. The summed E-state index contributed by atoms with van der Waals surface area (Å²) in [6.07, 6.45) is 3.76. The SMILES string of the molecule is Nc1nc(Cc2cc(-c3ccccc3)co2)nc2nc[nH]c12. The monoisotopic (exact) mass is 291 g/mol. The number of hydrogen-bond acceptors (Lipinski definition) is 5. The van der Waals surface area contributed by atoms with Gasteiger partial charge < -0.3 is 15.1 Å². The van der Waals surface area contributed by atoms with Crippen molar-refractivity contribution in [1.82, 2.24) is 19.9 Å². The van der Waals surface area contributed by atoms with Crippen LogP contribution in [0.3, 0.4) is 0 Å². The summed E-state index contributed by atoms with van der Waals surface area (Å²) in [5, 5.41) is 0. The van der Waals surface area contributed by atoms with Gasteiger partial charge in [-0.3, -0.25) is 0 Å². The number of anilines is 1. The Morgan fingerprint density at radius 3 is 2.82 bits per heavy atom. The minimum Gasteiger partial charge on any atom is -0.468 e. The zero-order valence-corrected chi connectivity index (χ0v) is 11.7. The van der Waals surface area contributed by atoms with Crippen LogP contribution in [-0.2, 0) is 6.42 Å². The van der Waals surface area contributed by atoms with E-state index >= 15 is 0 Å². The van der Waals surface area contributed by atoms with Crippen LogP contribution in [0.25, 0.3) is 22.3 Å². The van der Waals surface area contributed by atoms with Gasteiger partial charge in [-0.25, -0.2) is 15.0 Å². The lowest BCUT2D eigenvalue weighted by molar-refractivity contribution is 0.518. The van der Waals surface area contributed by atoms with Crippen molar-refractivity contribution in [3.05, 3.63) is 60.6 Å². The van der Waals surface area contributed by atoms with Crippen molar-refractivity contribution >= 4 is 17.0 Å². The van der Waals surface area contributed by atoms with Crippen LogP contribution in [0.4, 0.5) is 5.82 Å². The van der Waals surface area contributed by atoms with Gasteiger partial charge in [-0.1, -0.05) is 30.3 Å². The number of hydrogen-bond donors (Lipinski definition) is 2. The molecule has 4 rings (SSSR count). The van der Waals surface area contributed by atoms with Crippen LogP contribution in [0.1, 0.15) is 11.6 Å². The van der Waals surface area contributed by atoms with Gasteiger partial charge in [0.1, 0.15) is 17.1 Å². The van der Waals surface area contributed by atoms with Crippen molar-refractivity contribution in [1.29, 1.82) is 0 Å². The lowest BCUT2D eigenvalue weighted by atomic mass is 10.1. The molecule has 0 aliphatic carbocycles. The highest BCUT2D eigenvalue weighted by Gasteiger charge is 2.10. The highest BCUT2D eigenvalue weighted by molar-refractivity contribution is 5.80. The first kappa shape index (κ1) is 12.6. The zero-order chi connectivity index (χ0) is 14.9. The van der Waals surface area contributed by atoms with Gasteiger partial charge in [0, 0.05) is 5.56 Å². The summed E-state index contributed by atoms with van der Waals surface area (Å²) in [6, 6.07) is 12.1. The molecule has 0 spiro atoms. The lowest BCUT2D eigenvalue weighted by Crippen LogP contribution is -2.01. The van der Waals surface area contributed by atoms with Gasteiger partial charge in [-0.15, -0.1) is 0 Å². The first-order chi connectivity index (χ1) is 10.8. The van der Waals surface area contributed by atoms with E-state index in [4.69, 9.17) is 10.2 Å². The number of nitrogens with one attached hydrogen (secondary N) is 1. The first-order valence-electron chi connectivity index (χ1n) is 6.88. The molecule has 6 heteroatoms. The summed E-state index contributed by atoms with van der Waals surface area (Å²) in [7, 11) is 0. The molecule has 3 heterocycles. The quantitative estimate of drug-likeness (QED) is 0.605. The molecule has 0 bridgehead atoms. The predicted octanol–water partition coefficient (Wildman–Crippen LogP) is 2.79. The van der Waals surface area contributed by atoms with Crippen molar-refractivity contribution in [2.45, 2.75) is 6.42 Å². The number of aromatic nitrogens is 4. The maximum absolute atomic E-state index is 5.90. The standard InChI is InChI=1S/C16H13N5O/c17-15-14-16(19-9-18-14)21-13(20-15)7-12-6-11(8-22-12)10-4-2-1-3-5-10/h1-6,8-9H,7H2,(H3,17,18,19,20,21). The first-order valence-corrected chi connectivity index (χ1v) is 6.88. The Balaban J connectivity index is 1.64. The summed E-state index contributed by atoms with van der Waals surface area (Å²) in [5.41, 5.74) is 9.27. The maximum atomic E-state index is 5.90. The van der Waals surface area contributed by atoms with Gasteiger partial charge in [-0.05, 0) is 11.6 Å². The molecule has 0 amide bonds. The molecule has 0 unspecified atom stereocenters. The highest BCUT2D eigenvalue weighted by atomic mass is 16.3. The van der Waals surface area contributed by atoms with E-state index in [0.717, 1.165) is 16.9 Å². The van der Waals surface area contributed by atoms with Crippen molar-refractivity contribution in [2.24, 2.45) is 0 Å². The van der Waals surface area contributed by atoms with E-state index in [1.165, 1.54) is 0 Å². The molecule has 3 N–H and O–H groups in total. The molecule has 0 aliphatic rings. The molecule has 0 saturated carbocycles. The molecule has 3 aromatic heterocycles. The fourth-order valence-corrected chi connectivity index (χ4v) is 2.39. The number of furan rings is 1. The summed E-state index contributed by atoms with van der Waals surface area (Å²) in [5.74, 6) is 1.77. The number of aromatic amines is 1. The molecule has 108 valence electrons. The van der Waals surface area contributed by atoms with Crippen LogP contribution in [0, 0.1) is 0 Å². The van der Waals surface area contributed by atoms with Crippen LogP contribution in [0.15, 0.2) is 53.4 Å². The van der Waals surface area contributed by atoms with Gasteiger partial charge >= 0.3 is 0 Å². The zero-order valence-electron chi connectivity index (χ0n) is 11.7. The molecule has 0 fully saturated rings. The van der Waals surface area contributed by atoms with Crippen LogP contribution in [0.2, 0.25) is 0 Å². The minimum absolute atomic E-state index is 0.396. The second-order valence-corrected chi connectivity index (χ2v) is 4.97. The Bertz CT molecular complexity index is 926. The predicted molar refractivity (Wildman–Crippen MR) is 83.0 cm³/mol. The third-order valence-electron chi connectivity index (χ3n) is 3.45. The minimum atomic E-state index is 0.396. The number of benzene rings is 1. The van der Waals surface area contributed by atoms with Crippen molar-refractivity contribution in [3.63, 3.8) is 0 Å². The second-order valence-electron chi connectivity index (χ2n) is 4.97. The van der Waals surface area contributed by atoms with E-state index in [1.54, 1.807) is 12.6 Å². The normalized spacial score (nSPS) is 11.1. The topological polar surface area (TPSA) is 93.6 Å². The van der Waals surface area contributed by atoms with Gasteiger partial charge in [0.05, 0.1) is 19.0 Å². The van der Waals surface area contributed by atoms with E-state index < -0.39 is 0 Å². The lowest BCUT2D eigenvalue weighted by Gasteiger charge is -1.99. The third kappa shape index (κ3) is 2.20. The number of nitrogens with zero attached hydrogens (tertiary/aromatic N) is 3. The van der Waals surface area contributed by atoms with E-state index in [1.807, 2.05) is 36.4 Å². The fraction of sp³-hybridized carbons (Fsp3) is 0.0625. The highest BCUT2D eigenvalue weighted by Crippen LogP contribution is 2.23. The van der Waals surface area contributed by atoms with Gasteiger partial charge in [0.15, 0.2) is 11.5 Å². The number of imidazole rings is 1.